The van der Waals surface area contributed by atoms with Crippen LogP contribution < -0.4 is 0 Å². The Labute approximate surface area is 106 Å². The van der Waals surface area contributed by atoms with Gasteiger partial charge in [-0.25, -0.2) is 12.7 Å². The first-order valence-corrected chi connectivity index (χ1v) is 7.22. The van der Waals surface area contributed by atoms with Crippen molar-refractivity contribution in [3.05, 3.63) is 34.9 Å². The van der Waals surface area contributed by atoms with Crippen molar-refractivity contribution in [1.29, 1.82) is 0 Å². The van der Waals surface area contributed by atoms with Gasteiger partial charge in [-0.15, -0.1) is 11.6 Å². The molecule has 3 nitrogen and oxygen atoms in total. The van der Waals surface area contributed by atoms with Crippen molar-refractivity contribution in [3.8, 4) is 0 Å². The van der Waals surface area contributed by atoms with Crippen molar-refractivity contribution >= 4 is 33.2 Å². The number of hydrogen-bond acceptors (Lipinski definition) is 2. The molecule has 90 valence electrons. The Balaban J connectivity index is 2.75. The molecular weight excluding hydrogens is 269 g/mol. The first-order chi connectivity index (χ1) is 7.45. The average molecular weight is 282 g/mol. The summed E-state index contributed by atoms with van der Waals surface area (Å²) >= 11 is 11.2. The second-order valence-electron chi connectivity index (χ2n) is 3.39. The fourth-order valence-corrected chi connectivity index (χ4v) is 2.89. The summed E-state index contributed by atoms with van der Waals surface area (Å²) < 4.78 is 24.5. The van der Waals surface area contributed by atoms with Crippen molar-refractivity contribution in [1.82, 2.24) is 4.31 Å². The van der Waals surface area contributed by atoms with Crippen LogP contribution in [0.2, 0.25) is 5.02 Å². The number of rotatable bonds is 5. The summed E-state index contributed by atoms with van der Waals surface area (Å²) in [5.74, 6) is 0.0494. The topological polar surface area (TPSA) is 37.4 Å². The molecule has 0 unspecified atom stereocenters. The lowest BCUT2D eigenvalue weighted by molar-refractivity contribution is 0.468. The quantitative estimate of drug-likeness (QED) is 0.777. The van der Waals surface area contributed by atoms with Crippen LogP contribution in [-0.2, 0) is 16.6 Å². The van der Waals surface area contributed by atoms with Crippen molar-refractivity contribution < 1.29 is 8.42 Å². The molecule has 0 saturated heterocycles. The van der Waals surface area contributed by atoms with Gasteiger partial charge in [-0.05, 0) is 17.7 Å². The molecule has 0 saturated carbocycles. The lowest BCUT2D eigenvalue weighted by Crippen LogP contribution is -2.29. The lowest BCUT2D eigenvalue weighted by atomic mass is 10.2. The Morgan fingerprint density at radius 1 is 1.38 bits per heavy atom. The fraction of sp³-hybridized carbons (Fsp3) is 0.400. The van der Waals surface area contributed by atoms with Gasteiger partial charge in [0, 0.05) is 24.5 Å². The molecular formula is C10H13Cl2NO2S. The normalized spacial score (nSPS) is 12.0. The van der Waals surface area contributed by atoms with E-state index in [4.69, 9.17) is 23.2 Å². The van der Waals surface area contributed by atoms with E-state index >= 15 is 0 Å². The van der Waals surface area contributed by atoms with E-state index in [1.165, 1.54) is 11.4 Å². The smallest absolute Gasteiger partial charge is 0.212 e. The minimum Gasteiger partial charge on any atom is -0.212 e. The summed E-state index contributed by atoms with van der Waals surface area (Å²) in [5.41, 5.74) is 0.855. The Bertz CT molecular complexity index is 448. The summed E-state index contributed by atoms with van der Waals surface area (Å²) in [7, 11) is -1.73. The predicted octanol–water partition coefficient (Wildman–Crippen LogP) is 2.34. The van der Waals surface area contributed by atoms with Crippen LogP contribution in [0.25, 0.3) is 0 Å². The molecule has 0 amide bonds. The van der Waals surface area contributed by atoms with Crippen LogP contribution in [0.4, 0.5) is 0 Å². The molecule has 0 heterocycles. The van der Waals surface area contributed by atoms with E-state index in [0.717, 1.165) is 5.56 Å². The van der Waals surface area contributed by atoms with Crippen LogP contribution in [0.1, 0.15) is 5.56 Å². The predicted molar refractivity (Wildman–Crippen MR) is 67.4 cm³/mol. The van der Waals surface area contributed by atoms with Gasteiger partial charge in [-0.1, -0.05) is 23.7 Å². The number of halogens is 2. The van der Waals surface area contributed by atoms with Crippen molar-refractivity contribution in [2.24, 2.45) is 0 Å². The zero-order valence-electron chi connectivity index (χ0n) is 8.86. The van der Waals surface area contributed by atoms with Gasteiger partial charge in [0.2, 0.25) is 10.0 Å². The molecule has 0 aromatic heterocycles. The van der Waals surface area contributed by atoms with E-state index < -0.39 is 10.0 Å². The molecule has 1 aromatic carbocycles. The zero-order valence-corrected chi connectivity index (χ0v) is 11.2. The molecule has 1 rings (SSSR count). The third-order valence-electron chi connectivity index (χ3n) is 2.10. The van der Waals surface area contributed by atoms with Gasteiger partial charge in [0.1, 0.15) is 0 Å². The van der Waals surface area contributed by atoms with Crippen LogP contribution >= 0.6 is 23.2 Å². The van der Waals surface area contributed by atoms with Gasteiger partial charge >= 0.3 is 0 Å². The number of sulfonamides is 1. The van der Waals surface area contributed by atoms with E-state index in [0.29, 0.717) is 11.6 Å². The molecule has 1 aromatic rings. The van der Waals surface area contributed by atoms with Gasteiger partial charge in [0.15, 0.2) is 0 Å². The maximum Gasteiger partial charge on any atom is 0.215 e. The van der Waals surface area contributed by atoms with Gasteiger partial charge in [-0.3, -0.25) is 0 Å². The minimum atomic E-state index is -3.26. The number of nitrogens with zero attached hydrogens (tertiary/aromatic N) is 1. The Morgan fingerprint density at radius 2 is 2.06 bits per heavy atom. The lowest BCUT2D eigenvalue weighted by Gasteiger charge is -2.16. The van der Waals surface area contributed by atoms with Gasteiger partial charge in [-0.2, -0.15) is 0 Å². The van der Waals surface area contributed by atoms with Crippen LogP contribution in [0.5, 0.6) is 0 Å². The molecule has 0 radical (unpaired) electrons. The van der Waals surface area contributed by atoms with Crippen LogP contribution in [-0.4, -0.2) is 31.4 Å². The second-order valence-corrected chi connectivity index (χ2v) is 6.40. The highest BCUT2D eigenvalue weighted by atomic mass is 35.5. The minimum absolute atomic E-state index is 0.0500. The highest BCUT2D eigenvalue weighted by Crippen LogP contribution is 2.13. The van der Waals surface area contributed by atoms with Crippen molar-refractivity contribution in [2.45, 2.75) is 6.54 Å². The maximum atomic E-state index is 11.6. The van der Waals surface area contributed by atoms with Crippen molar-refractivity contribution in [3.63, 3.8) is 0 Å². The average Bonchev–Trinajstić information content (AvgIpc) is 2.17. The monoisotopic (exact) mass is 281 g/mol. The maximum absolute atomic E-state index is 11.6. The fourth-order valence-electron chi connectivity index (χ4n) is 1.24. The van der Waals surface area contributed by atoms with Crippen LogP contribution in [0, 0.1) is 0 Å². The van der Waals surface area contributed by atoms with Gasteiger partial charge < -0.3 is 0 Å². The third kappa shape index (κ3) is 3.94. The summed E-state index contributed by atoms with van der Waals surface area (Å²) in [6.45, 7) is 0.305. The molecule has 0 fully saturated rings. The van der Waals surface area contributed by atoms with Crippen LogP contribution in [0.15, 0.2) is 24.3 Å². The van der Waals surface area contributed by atoms with E-state index in [2.05, 4.69) is 0 Å². The third-order valence-corrected chi connectivity index (χ3v) is 4.55. The van der Waals surface area contributed by atoms with Gasteiger partial charge in [0.05, 0.1) is 5.75 Å². The molecule has 0 atom stereocenters. The Morgan fingerprint density at radius 3 is 2.62 bits per heavy atom. The largest absolute Gasteiger partial charge is 0.215 e. The molecule has 0 aliphatic carbocycles. The molecule has 0 bridgehead atoms. The summed E-state index contributed by atoms with van der Waals surface area (Å²) in [4.78, 5) is 0. The van der Waals surface area contributed by atoms with E-state index in [1.807, 2.05) is 6.07 Å². The molecule has 0 N–H and O–H groups in total. The van der Waals surface area contributed by atoms with Crippen molar-refractivity contribution in [2.75, 3.05) is 18.7 Å². The molecule has 0 spiro atoms. The SMILES string of the molecule is CN(Cc1cccc(Cl)c1)S(=O)(=O)CCCl. The molecule has 0 aliphatic heterocycles. The summed E-state index contributed by atoms with van der Waals surface area (Å²) in [6.07, 6.45) is 0. The first-order valence-electron chi connectivity index (χ1n) is 4.70. The number of benzene rings is 1. The van der Waals surface area contributed by atoms with E-state index in [1.54, 1.807) is 18.2 Å². The highest BCUT2D eigenvalue weighted by molar-refractivity contribution is 7.89. The molecule has 6 heteroatoms. The Hall–Kier alpha value is -0.290. The number of alkyl halides is 1. The summed E-state index contributed by atoms with van der Waals surface area (Å²) in [6, 6.07) is 7.12. The highest BCUT2D eigenvalue weighted by Gasteiger charge is 2.16. The second kappa shape index (κ2) is 5.87. The molecule has 0 aliphatic rings. The van der Waals surface area contributed by atoms with Crippen LogP contribution in [0.3, 0.4) is 0 Å². The first kappa shape index (κ1) is 13.8. The Kier molecular flexibility index (Phi) is 5.05. The van der Waals surface area contributed by atoms with E-state index in [9.17, 15) is 8.42 Å². The summed E-state index contributed by atoms with van der Waals surface area (Å²) in [5, 5.41) is 0.598. The van der Waals surface area contributed by atoms with E-state index in [-0.39, 0.29) is 11.6 Å². The number of hydrogen-bond donors (Lipinski definition) is 0. The van der Waals surface area contributed by atoms with Gasteiger partial charge in [0.25, 0.3) is 0 Å². The standard InChI is InChI=1S/C10H13Cl2NO2S/c1-13(16(14,15)6-5-11)8-9-3-2-4-10(12)7-9/h2-4,7H,5-6,8H2,1H3. The zero-order chi connectivity index (χ0) is 12.2. The molecule has 16 heavy (non-hydrogen) atoms.